The maximum Gasteiger partial charge on any atom is 0.407 e. The number of β-amino-alcohol motifs (C(OH)–C–C–N with tert-alkyl or cyclic N) is 3. The van der Waals surface area contributed by atoms with Crippen LogP contribution >= 0.6 is 0 Å². The Morgan fingerprint density at radius 2 is 0.596 bits per heavy atom. The number of carbonyl (C=O) groups excluding carboxylic acids is 6. The second-order valence-electron chi connectivity index (χ2n) is 35.9. The predicted octanol–water partition coefficient (Wildman–Crippen LogP) is 16.4. The standard InChI is InChI=1S/C49H53N3O8.C34H42N2O6.C32H40N2O5/c1-57-39-24-20-35(21-25-39)49(34-13-5-3-6-14-34,36-22-26-40(58-2)27-23-36)60-32-37-29-38(53)31-52(37)47(55)19-7-4-12-28-50-46(54)30-51-48(56)59-33-45-43-17-10-8-15-41(43)42-16-9-11-18-44(42)45;1-25(37)35-21-9-5-8-12-33(39)36-23-30(38)22-29(36)24-42-34(26-10-6-4-7-11-26,27-13-17-31(40-2)18-14-27)28-15-19-32(41-3)20-16-28;1-37-29-16-12-25(13-17-29)32(24-9-5-3-6-10-24,26-14-18-30(38-2)19-15-26)39-23-27-21-28(35)22-34(27)31(36)11-7-4-8-20-33/h3,5-6,8-11,13-18,20-27,37-38,45,53H,4,7,12,19,28-33H2,1-2H3,(H,50,54)(H,51,56);4,6-7,10-11,13-20,29-30,38H,5,8-9,12,21-24H2,1-3H3,(H,35,37);3,5-6,9-10,12-19,27-28,35H,4,7-8,11,20-23,33H2,1-2H3/t37-,38+;29-,30+;27-,28+/m000/s1. The van der Waals surface area contributed by atoms with Crippen molar-refractivity contribution in [1.29, 1.82) is 0 Å². The second-order valence-corrected chi connectivity index (χ2v) is 35.9. The molecule has 0 aromatic heterocycles. The first kappa shape index (κ1) is 105. The van der Waals surface area contributed by atoms with Crippen LogP contribution in [0, 0.1) is 0 Å². The second kappa shape index (κ2) is 52.2. The minimum atomic E-state index is -1.04. The van der Waals surface area contributed by atoms with Crippen LogP contribution in [0.15, 0.2) is 285 Å². The fraction of sp³-hybridized carbons (Fsp3) is 0.374. The molecule has 141 heavy (non-hydrogen) atoms. The van der Waals surface area contributed by atoms with Gasteiger partial charge in [0.2, 0.25) is 29.5 Å². The average molecular weight is 1920 g/mol. The number of rotatable bonds is 45. The molecular formula is C115H135N7O19. The summed E-state index contributed by atoms with van der Waals surface area (Å²) in [4.78, 5) is 81.4. The molecule has 0 bridgehead atoms. The third-order valence-electron chi connectivity index (χ3n) is 26.8. The Hall–Kier alpha value is -13.4. The van der Waals surface area contributed by atoms with E-state index in [0.717, 1.165) is 152 Å². The molecule has 3 heterocycles. The molecule has 15 rings (SSSR count). The highest BCUT2D eigenvalue weighted by Crippen LogP contribution is 2.49. The summed E-state index contributed by atoms with van der Waals surface area (Å²) in [5, 5.41) is 40.1. The molecule has 0 spiro atoms. The van der Waals surface area contributed by atoms with E-state index in [0.29, 0.717) is 84.1 Å². The van der Waals surface area contributed by atoms with E-state index in [-0.39, 0.29) is 93.1 Å². The largest absolute Gasteiger partial charge is 0.497 e. The Balaban J connectivity index is 0.000000184. The van der Waals surface area contributed by atoms with E-state index in [9.17, 15) is 44.1 Å². The molecule has 6 atom stereocenters. The molecule has 11 aromatic rings. The molecule has 8 N–H and O–H groups in total. The number of unbranched alkanes of at least 4 members (excludes halogenated alkanes) is 6. The van der Waals surface area contributed by atoms with E-state index in [1.54, 1.807) is 57.4 Å². The van der Waals surface area contributed by atoms with Gasteiger partial charge in [0.1, 0.15) is 57.9 Å². The number of alkyl carbamates (subject to hydrolysis) is 1. The summed E-state index contributed by atoms with van der Waals surface area (Å²) in [5.74, 6) is 4.01. The Labute approximate surface area is 828 Å². The van der Waals surface area contributed by atoms with Gasteiger partial charge in [-0.15, -0.1) is 0 Å². The van der Waals surface area contributed by atoms with E-state index >= 15 is 0 Å². The van der Waals surface area contributed by atoms with Gasteiger partial charge < -0.3 is 99.1 Å². The van der Waals surface area contributed by atoms with Crippen molar-refractivity contribution >= 4 is 35.6 Å². The van der Waals surface area contributed by atoms with Gasteiger partial charge in [-0.2, -0.15) is 0 Å². The van der Waals surface area contributed by atoms with Crippen molar-refractivity contribution < 1.29 is 91.5 Å². The topological polar surface area (TPSA) is 327 Å². The van der Waals surface area contributed by atoms with E-state index < -0.39 is 41.2 Å². The zero-order valence-electron chi connectivity index (χ0n) is 81.9. The molecule has 3 fully saturated rings. The number of benzene rings is 11. The highest BCUT2D eigenvalue weighted by Gasteiger charge is 2.46. The third kappa shape index (κ3) is 26.8. The summed E-state index contributed by atoms with van der Waals surface area (Å²) in [5.41, 5.74) is 15.4. The van der Waals surface area contributed by atoms with Crippen molar-refractivity contribution in [3.05, 3.63) is 346 Å². The molecule has 0 unspecified atom stereocenters. The summed E-state index contributed by atoms with van der Waals surface area (Å²) in [6.45, 7) is 4.68. The van der Waals surface area contributed by atoms with Crippen molar-refractivity contribution in [3.8, 4) is 45.6 Å². The average Bonchev–Trinajstić information content (AvgIpc) is 1.46. The Kier molecular flexibility index (Phi) is 38.8. The molecule has 6 amide bonds. The van der Waals surface area contributed by atoms with Crippen molar-refractivity contribution in [2.24, 2.45) is 5.73 Å². The minimum absolute atomic E-state index is 0.0129. The van der Waals surface area contributed by atoms with Gasteiger partial charge in [0.15, 0.2) is 0 Å². The summed E-state index contributed by atoms with van der Waals surface area (Å²) in [7, 11) is 9.83. The Morgan fingerprint density at radius 1 is 0.326 bits per heavy atom. The van der Waals surface area contributed by atoms with Crippen LogP contribution in [-0.4, -0.2) is 217 Å². The van der Waals surface area contributed by atoms with Crippen LogP contribution in [0.4, 0.5) is 4.79 Å². The molecule has 0 saturated carbocycles. The molecule has 744 valence electrons. The van der Waals surface area contributed by atoms with Gasteiger partial charge in [0, 0.05) is 64.8 Å². The van der Waals surface area contributed by atoms with Crippen molar-refractivity contribution in [1.82, 2.24) is 30.7 Å². The van der Waals surface area contributed by atoms with Gasteiger partial charge in [0.05, 0.1) is 105 Å². The SMILES string of the molecule is COc1ccc(C(OC[C@@H]2C[C@@H](O)CN2C(=O)CCCCCN)(c2ccccc2)c2ccc(OC)cc2)cc1.COc1ccc(C(OC[C@@H]2C[C@@H](O)CN2C(=O)CCCCCNC(=O)CNC(=O)OCC2c3ccccc3-c3ccccc32)(c2ccccc2)c2ccc(OC)cc2)cc1.COc1ccc(C(OC[C@@H]2C[C@@H](O)CN2C(=O)CCCCCNC(C)=O)(c2ccccc2)c2ccc(OC)cc2)cc1. The predicted molar refractivity (Wildman–Crippen MR) is 542 cm³/mol. The quantitative estimate of drug-likeness (QED) is 0.0138. The van der Waals surface area contributed by atoms with Crippen LogP contribution in [-0.2, 0) is 59.7 Å². The van der Waals surface area contributed by atoms with Crippen LogP contribution in [0.1, 0.15) is 170 Å². The van der Waals surface area contributed by atoms with E-state index in [4.69, 9.17) is 53.1 Å². The number of likely N-dealkylation sites (tertiary alicyclic amines) is 3. The molecule has 26 nitrogen and oxygen atoms in total. The van der Waals surface area contributed by atoms with Gasteiger partial charge in [-0.25, -0.2) is 4.79 Å². The number of amides is 6. The molecular weight excluding hydrogens is 1780 g/mol. The van der Waals surface area contributed by atoms with E-state index in [2.05, 4.69) is 52.3 Å². The number of hydrogen-bond donors (Lipinski definition) is 7. The van der Waals surface area contributed by atoms with Crippen molar-refractivity contribution in [3.63, 3.8) is 0 Å². The molecule has 3 saturated heterocycles. The Bertz CT molecular complexity index is 5560. The molecule has 0 radical (unpaired) electrons. The maximum absolute atomic E-state index is 13.6. The minimum Gasteiger partial charge on any atom is -0.497 e. The number of fused-ring (bicyclic) bond motifs is 3. The van der Waals surface area contributed by atoms with E-state index in [1.807, 2.05) is 249 Å². The monoisotopic (exact) mass is 1920 g/mol. The van der Waals surface area contributed by atoms with Crippen molar-refractivity contribution in [2.75, 3.05) is 115 Å². The molecule has 4 aliphatic rings. The van der Waals surface area contributed by atoms with Crippen molar-refractivity contribution in [2.45, 2.75) is 162 Å². The zero-order valence-corrected chi connectivity index (χ0v) is 81.9. The summed E-state index contributed by atoms with van der Waals surface area (Å²) < 4.78 is 59.3. The number of hydrogen-bond acceptors (Lipinski definition) is 20. The third-order valence-corrected chi connectivity index (χ3v) is 26.8. The number of nitrogens with two attached hydrogens (primary N) is 1. The molecule has 3 aliphatic heterocycles. The lowest BCUT2D eigenvalue weighted by Crippen LogP contribution is -2.42. The smallest absolute Gasteiger partial charge is 0.407 e. The first-order valence-electron chi connectivity index (χ1n) is 48.9. The van der Waals surface area contributed by atoms with Crippen LogP contribution in [0.5, 0.6) is 34.5 Å². The number of aliphatic hydroxyl groups excluding tert-OH is 3. The first-order chi connectivity index (χ1) is 68.7. The van der Waals surface area contributed by atoms with Gasteiger partial charge in [0.25, 0.3) is 0 Å². The van der Waals surface area contributed by atoms with Crippen LogP contribution in [0.3, 0.4) is 0 Å². The number of methoxy groups -OCH3 is 6. The number of carbonyl (C=O) groups is 6. The fourth-order valence-corrected chi connectivity index (χ4v) is 19.5. The van der Waals surface area contributed by atoms with E-state index in [1.165, 1.54) is 6.92 Å². The van der Waals surface area contributed by atoms with Crippen LogP contribution in [0.2, 0.25) is 0 Å². The normalized spacial score (nSPS) is 16.5. The molecule has 1 aliphatic carbocycles. The lowest BCUT2D eigenvalue weighted by Gasteiger charge is -2.38. The number of nitrogens with zero attached hydrogens (tertiary/aromatic N) is 3. The number of aliphatic hydroxyl groups is 3. The summed E-state index contributed by atoms with van der Waals surface area (Å²) >= 11 is 0. The highest BCUT2D eigenvalue weighted by molar-refractivity contribution is 5.83. The van der Waals surface area contributed by atoms with Crippen LogP contribution in [0.25, 0.3) is 11.1 Å². The van der Waals surface area contributed by atoms with Gasteiger partial charge in [-0.1, -0.05) is 232 Å². The van der Waals surface area contributed by atoms with Gasteiger partial charge in [-0.3, -0.25) is 24.0 Å². The van der Waals surface area contributed by atoms with Gasteiger partial charge >= 0.3 is 6.09 Å². The lowest BCUT2D eigenvalue weighted by molar-refractivity contribution is -0.135. The first-order valence-corrected chi connectivity index (χ1v) is 48.9. The zero-order chi connectivity index (χ0) is 99.5. The molecule has 11 aromatic carbocycles. The number of nitrogens with one attached hydrogen (secondary N) is 3. The maximum atomic E-state index is 13.6. The summed E-state index contributed by atoms with van der Waals surface area (Å²) in [6.07, 6.45) is 7.03. The van der Waals surface area contributed by atoms with Gasteiger partial charge in [-0.05, 0) is 209 Å². The number of ether oxygens (including phenoxy) is 10. The molecule has 26 heteroatoms. The highest BCUT2D eigenvalue weighted by atomic mass is 16.6. The Morgan fingerprint density at radius 3 is 0.879 bits per heavy atom. The fourth-order valence-electron chi connectivity index (χ4n) is 19.5. The summed E-state index contributed by atoms with van der Waals surface area (Å²) in [6, 6.07) is 92.5. The van der Waals surface area contributed by atoms with Crippen LogP contribution < -0.4 is 50.1 Å². The lowest BCUT2D eigenvalue weighted by atomic mass is 9.80.